The van der Waals surface area contributed by atoms with Crippen LogP contribution in [0.5, 0.6) is 0 Å². The van der Waals surface area contributed by atoms with E-state index in [1.165, 1.54) is 43.1 Å². The van der Waals surface area contributed by atoms with E-state index in [0.29, 0.717) is 0 Å². The van der Waals surface area contributed by atoms with Crippen LogP contribution in [0, 0.1) is 0 Å². The fraction of sp³-hybridized carbons (Fsp3) is 0. The number of fused-ring (bicyclic) bond motifs is 8. The van der Waals surface area contributed by atoms with Crippen LogP contribution in [0.1, 0.15) is 0 Å². The molecule has 0 radical (unpaired) electrons. The molecule has 0 fully saturated rings. The third kappa shape index (κ3) is 5.11. The number of anilines is 6. The van der Waals surface area contributed by atoms with Crippen molar-refractivity contribution in [3.05, 3.63) is 218 Å². The first-order valence-corrected chi connectivity index (χ1v) is 21.8. The van der Waals surface area contributed by atoms with Crippen LogP contribution in [0.25, 0.3) is 97.7 Å². The van der Waals surface area contributed by atoms with Crippen molar-refractivity contribution in [3.8, 4) is 0 Å². The van der Waals surface area contributed by atoms with Crippen molar-refractivity contribution in [1.82, 2.24) is 0 Å². The molecule has 0 spiro atoms. The van der Waals surface area contributed by atoms with E-state index in [2.05, 4.69) is 216 Å². The number of nitrogens with zero attached hydrogens (tertiary/aromatic N) is 2. The second kappa shape index (κ2) is 13.4. The second-order valence-electron chi connectivity index (χ2n) is 16.8. The molecule has 0 unspecified atom stereocenters. The second-order valence-corrected chi connectivity index (χ2v) is 16.8. The van der Waals surface area contributed by atoms with Crippen molar-refractivity contribution in [2.45, 2.75) is 0 Å². The summed E-state index contributed by atoms with van der Waals surface area (Å²) in [5.74, 6) is 0. The predicted molar refractivity (Wildman–Crippen MR) is 269 cm³/mol. The van der Waals surface area contributed by atoms with Gasteiger partial charge in [0.2, 0.25) is 0 Å². The summed E-state index contributed by atoms with van der Waals surface area (Å²) in [6.45, 7) is 0. The summed E-state index contributed by atoms with van der Waals surface area (Å²) in [6.07, 6.45) is 0. The Morgan fingerprint density at radius 2 is 0.641 bits per heavy atom. The summed E-state index contributed by atoms with van der Waals surface area (Å²) in [7, 11) is 0. The SMILES string of the molecule is c1ccc2cc(N(c3ccc4ccc5c(N(c6ccc7ccccc7c6)c6cccc7c6oc6ccccc67)ccc6ccc3c4c65)c3cccc4c3oc3ccccc34)ccc2c1. The van der Waals surface area contributed by atoms with Gasteiger partial charge >= 0.3 is 0 Å². The summed E-state index contributed by atoms with van der Waals surface area (Å²) in [4.78, 5) is 4.79. The molecule has 2 aromatic heterocycles. The Kier molecular flexibility index (Phi) is 7.36. The van der Waals surface area contributed by atoms with Crippen LogP contribution in [0.2, 0.25) is 0 Å². The first kappa shape index (κ1) is 35.0. The zero-order chi connectivity index (χ0) is 41.9. The highest BCUT2D eigenvalue weighted by Crippen LogP contribution is 2.50. The maximum Gasteiger partial charge on any atom is 0.159 e. The van der Waals surface area contributed by atoms with Crippen LogP contribution in [-0.4, -0.2) is 0 Å². The van der Waals surface area contributed by atoms with E-state index in [9.17, 15) is 0 Å². The van der Waals surface area contributed by atoms with Gasteiger partial charge in [0.1, 0.15) is 11.2 Å². The van der Waals surface area contributed by atoms with Crippen molar-refractivity contribution in [3.63, 3.8) is 0 Å². The molecule has 4 heteroatoms. The lowest BCUT2D eigenvalue weighted by molar-refractivity contribution is 0.669. The van der Waals surface area contributed by atoms with Gasteiger partial charge in [-0.1, -0.05) is 158 Å². The van der Waals surface area contributed by atoms with E-state index in [0.717, 1.165) is 88.8 Å². The maximum atomic E-state index is 6.77. The van der Waals surface area contributed by atoms with Gasteiger partial charge < -0.3 is 18.6 Å². The number of hydrogen-bond acceptors (Lipinski definition) is 4. The van der Waals surface area contributed by atoms with Gasteiger partial charge in [0.05, 0.1) is 22.7 Å². The molecule has 64 heavy (non-hydrogen) atoms. The van der Waals surface area contributed by atoms with Gasteiger partial charge in [-0.05, 0) is 104 Å². The largest absolute Gasteiger partial charge is 0.454 e. The lowest BCUT2D eigenvalue weighted by Gasteiger charge is -2.29. The molecule has 2 heterocycles. The number of hydrogen-bond donors (Lipinski definition) is 0. The number of furan rings is 2. The maximum absolute atomic E-state index is 6.77. The van der Waals surface area contributed by atoms with Crippen LogP contribution < -0.4 is 9.80 Å². The molecule has 0 aliphatic heterocycles. The van der Waals surface area contributed by atoms with Gasteiger partial charge in [0.15, 0.2) is 11.2 Å². The topological polar surface area (TPSA) is 32.8 Å². The lowest BCUT2D eigenvalue weighted by Crippen LogP contribution is -2.12. The van der Waals surface area contributed by atoms with Gasteiger partial charge in [-0.25, -0.2) is 0 Å². The third-order valence-corrected chi connectivity index (χ3v) is 13.3. The zero-order valence-corrected chi connectivity index (χ0v) is 34.5. The molecule has 0 N–H and O–H groups in total. The smallest absolute Gasteiger partial charge is 0.159 e. The molecule has 0 atom stereocenters. The van der Waals surface area contributed by atoms with E-state index in [1.54, 1.807) is 0 Å². The Bertz CT molecular complexity index is 3910. The number of para-hydroxylation sites is 4. The fourth-order valence-corrected chi connectivity index (χ4v) is 10.4. The van der Waals surface area contributed by atoms with Crippen molar-refractivity contribution < 1.29 is 8.83 Å². The minimum Gasteiger partial charge on any atom is -0.454 e. The molecule has 4 nitrogen and oxygen atoms in total. The molecule has 0 amide bonds. The zero-order valence-electron chi connectivity index (χ0n) is 34.5. The minimum absolute atomic E-state index is 0.857. The van der Waals surface area contributed by atoms with Crippen molar-refractivity contribution in [2.75, 3.05) is 9.80 Å². The average molecular weight is 817 g/mol. The summed E-state index contributed by atoms with van der Waals surface area (Å²) >= 11 is 0. The summed E-state index contributed by atoms with van der Waals surface area (Å²) in [6, 6.07) is 78.7. The Morgan fingerprint density at radius 1 is 0.250 bits per heavy atom. The van der Waals surface area contributed by atoms with Crippen LogP contribution >= 0.6 is 0 Å². The van der Waals surface area contributed by atoms with E-state index < -0.39 is 0 Å². The van der Waals surface area contributed by atoms with E-state index in [-0.39, 0.29) is 0 Å². The van der Waals surface area contributed by atoms with Gasteiger partial charge in [0.25, 0.3) is 0 Å². The van der Waals surface area contributed by atoms with Crippen LogP contribution in [0.3, 0.4) is 0 Å². The van der Waals surface area contributed by atoms with E-state index in [4.69, 9.17) is 8.83 Å². The van der Waals surface area contributed by atoms with Gasteiger partial charge in [-0.15, -0.1) is 0 Å². The standard InChI is InChI=1S/C60H36N2O2/c1-3-13-41-35-43(29-23-37(41)11-1)61(53-19-9-17-47-45-15-5-7-21-55(45)63-59(47)53)51-33-27-39-26-32-50-52(34-28-40-25-31-49(51)57(39)58(40)50)62(44-30-24-38-12-2-4-14-42(38)36-44)54-20-10-18-48-46-16-6-8-22-56(46)64-60(48)54/h1-36H. The Balaban J connectivity index is 1.05. The summed E-state index contributed by atoms with van der Waals surface area (Å²) in [5, 5.41) is 16.3. The fourth-order valence-electron chi connectivity index (χ4n) is 10.4. The van der Waals surface area contributed by atoms with Crippen LogP contribution in [0.15, 0.2) is 227 Å². The van der Waals surface area contributed by atoms with E-state index >= 15 is 0 Å². The monoisotopic (exact) mass is 816 g/mol. The Hall–Kier alpha value is -8.60. The first-order chi connectivity index (χ1) is 31.7. The molecule has 0 bridgehead atoms. The van der Waals surface area contributed by atoms with Gasteiger partial charge in [0, 0.05) is 43.7 Å². The molecule has 12 aromatic carbocycles. The molecule has 0 saturated heterocycles. The summed E-state index contributed by atoms with van der Waals surface area (Å²) in [5.41, 5.74) is 9.71. The Labute approximate surface area is 367 Å². The highest BCUT2D eigenvalue weighted by Gasteiger charge is 2.26. The van der Waals surface area contributed by atoms with Gasteiger partial charge in [-0.3, -0.25) is 0 Å². The van der Waals surface area contributed by atoms with E-state index in [1.807, 2.05) is 12.1 Å². The highest BCUT2D eigenvalue weighted by atomic mass is 16.3. The molecule has 298 valence electrons. The average Bonchev–Trinajstić information content (AvgIpc) is 3.94. The molecule has 0 aliphatic rings. The Morgan fingerprint density at radius 3 is 1.12 bits per heavy atom. The van der Waals surface area contributed by atoms with Crippen molar-refractivity contribution in [2.24, 2.45) is 0 Å². The van der Waals surface area contributed by atoms with Crippen molar-refractivity contribution >= 4 is 132 Å². The van der Waals surface area contributed by atoms with Crippen LogP contribution in [-0.2, 0) is 0 Å². The number of rotatable bonds is 6. The highest BCUT2D eigenvalue weighted by molar-refractivity contribution is 6.29. The molecular formula is C60H36N2O2. The number of benzene rings is 12. The molecule has 14 aromatic rings. The third-order valence-electron chi connectivity index (χ3n) is 13.3. The molecule has 14 rings (SSSR count). The molecule has 0 aliphatic carbocycles. The predicted octanol–water partition coefficient (Wildman–Crippen LogP) is 17.6. The van der Waals surface area contributed by atoms with Gasteiger partial charge in [-0.2, -0.15) is 0 Å². The van der Waals surface area contributed by atoms with Crippen molar-refractivity contribution in [1.29, 1.82) is 0 Å². The molecular weight excluding hydrogens is 781 g/mol. The minimum atomic E-state index is 0.857. The molecule has 0 saturated carbocycles. The quantitative estimate of drug-likeness (QED) is 0.157. The normalized spacial score (nSPS) is 12.1. The first-order valence-electron chi connectivity index (χ1n) is 21.8. The summed E-state index contributed by atoms with van der Waals surface area (Å²) < 4.78 is 13.5. The lowest BCUT2D eigenvalue weighted by atomic mass is 9.91. The van der Waals surface area contributed by atoms with Crippen LogP contribution in [0.4, 0.5) is 34.1 Å².